The Bertz CT molecular complexity index is 1840. The molecule has 0 radical (unpaired) electrons. The number of pyridine rings is 2. The predicted molar refractivity (Wildman–Crippen MR) is 135 cm³/mol. The first-order valence-electron chi connectivity index (χ1n) is 10.7. The number of aromatic nitrogens is 5. The van der Waals surface area contributed by atoms with Gasteiger partial charge in [0.2, 0.25) is 5.88 Å². The van der Waals surface area contributed by atoms with E-state index in [-0.39, 0.29) is 32.7 Å². The van der Waals surface area contributed by atoms with Gasteiger partial charge >= 0.3 is 0 Å². The summed E-state index contributed by atoms with van der Waals surface area (Å²) < 4.78 is 49.8. The Labute approximate surface area is 215 Å². The minimum Gasteiger partial charge on any atom is -0.480 e. The van der Waals surface area contributed by atoms with Crippen LogP contribution >= 0.6 is 11.6 Å². The minimum atomic E-state index is -4.21. The van der Waals surface area contributed by atoms with E-state index in [9.17, 15) is 17.6 Å². The summed E-state index contributed by atoms with van der Waals surface area (Å²) in [6.07, 6.45) is 6.17. The van der Waals surface area contributed by atoms with Crippen LogP contribution in [0.5, 0.6) is 5.88 Å². The average Bonchev–Trinajstić information content (AvgIpc) is 3.29. The smallest absolute Gasteiger partial charge is 0.283 e. The molecule has 10 nitrogen and oxygen atoms in total. The number of anilines is 1. The van der Waals surface area contributed by atoms with Gasteiger partial charge in [0, 0.05) is 29.7 Å². The first-order valence-corrected chi connectivity index (χ1v) is 12.6. The van der Waals surface area contributed by atoms with Gasteiger partial charge in [-0.3, -0.25) is 13.9 Å². The molecule has 0 aliphatic carbocycles. The molecule has 0 bridgehead atoms. The molecule has 1 aromatic carbocycles. The molecular formula is C24H18ClFN6O4S. The van der Waals surface area contributed by atoms with E-state index in [0.717, 1.165) is 23.9 Å². The quantitative estimate of drug-likeness (QED) is 0.347. The highest BCUT2D eigenvalue weighted by atomic mass is 35.5. The van der Waals surface area contributed by atoms with Crippen molar-refractivity contribution in [3.63, 3.8) is 0 Å². The number of fused-ring (bicyclic) bond motifs is 1. The summed E-state index contributed by atoms with van der Waals surface area (Å²) >= 11 is 5.96. The van der Waals surface area contributed by atoms with Crippen molar-refractivity contribution >= 4 is 33.0 Å². The molecule has 188 valence electrons. The summed E-state index contributed by atoms with van der Waals surface area (Å²) in [4.78, 5) is 21.4. The van der Waals surface area contributed by atoms with Crippen LogP contribution in [0.15, 0.2) is 76.9 Å². The number of sulfonamides is 1. The molecule has 0 saturated carbocycles. The fourth-order valence-corrected chi connectivity index (χ4v) is 5.26. The Kier molecular flexibility index (Phi) is 6.13. The fourth-order valence-electron chi connectivity index (χ4n) is 3.68. The highest BCUT2D eigenvalue weighted by Gasteiger charge is 2.21. The van der Waals surface area contributed by atoms with Crippen molar-refractivity contribution in [2.45, 2.75) is 11.8 Å². The summed E-state index contributed by atoms with van der Waals surface area (Å²) in [6, 6.07) is 9.61. The third-order valence-corrected chi connectivity index (χ3v) is 7.31. The van der Waals surface area contributed by atoms with Crippen LogP contribution < -0.4 is 15.0 Å². The van der Waals surface area contributed by atoms with Gasteiger partial charge in [-0.2, -0.15) is 5.10 Å². The molecular weight excluding hydrogens is 523 g/mol. The predicted octanol–water partition coefficient (Wildman–Crippen LogP) is 3.85. The van der Waals surface area contributed by atoms with E-state index < -0.39 is 15.8 Å². The third kappa shape index (κ3) is 4.63. The highest BCUT2D eigenvalue weighted by molar-refractivity contribution is 7.92. The van der Waals surface area contributed by atoms with E-state index in [1.165, 1.54) is 34.7 Å². The Morgan fingerprint density at radius 3 is 2.57 bits per heavy atom. The van der Waals surface area contributed by atoms with Crippen LogP contribution in [0.1, 0.15) is 5.69 Å². The van der Waals surface area contributed by atoms with Crippen molar-refractivity contribution in [1.29, 1.82) is 0 Å². The summed E-state index contributed by atoms with van der Waals surface area (Å²) in [7, 11) is -2.87. The van der Waals surface area contributed by atoms with E-state index in [2.05, 4.69) is 19.8 Å². The summed E-state index contributed by atoms with van der Waals surface area (Å²) in [5.41, 5.74) is 2.14. The maximum atomic E-state index is 13.4. The standard InChI is InChI=1S/C24H18ClFN6O4S/c1-14-7-8-32(29-14)20-12-27-22-6-3-15(13-31(22)24(20)33)16-9-19(23(36-2)28-11-16)30-37(34,35)21-5-4-17(26)10-18(21)25/h3-13,30H,1-2H3. The average molecular weight is 541 g/mol. The van der Waals surface area contributed by atoms with Gasteiger partial charge in [0.1, 0.15) is 27.7 Å². The molecule has 4 heterocycles. The van der Waals surface area contributed by atoms with Crippen LogP contribution in [-0.2, 0) is 10.0 Å². The second kappa shape index (κ2) is 9.30. The molecule has 5 rings (SSSR count). The second-order valence-electron chi connectivity index (χ2n) is 7.96. The van der Waals surface area contributed by atoms with Crippen LogP contribution in [0.25, 0.3) is 22.5 Å². The van der Waals surface area contributed by atoms with Crippen molar-refractivity contribution in [1.82, 2.24) is 24.1 Å². The molecule has 0 spiro atoms. The number of methoxy groups -OCH3 is 1. The van der Waals surface area contributed by atoms with E-state index in [1.807, 2.05) is 6.92 Å². The zero-order valence-electron chi connectivity index (χ0n) is 19.4. The Balaban J connectivity index is 1.57. The van der Waals surface area contributed by atoms with Crippen molar-refractivity contribution in [3.8, 4) is 22.7 Å². The normalized spacial score (nSPS) is 11.6. The molecule has 0 aliphatic heterocycles. The topological polar surface area (TPSA) is 120 Å². The van der Waals surface area contributed by atoms with Crippen LogP contribution in [0, 0.1) is 12.7 Å². The summed E-state index contributed by atoms with van der Waals surface area (Å²) in [6.45, 7) is 1.81. The van der Waals surface area contributed by atoms with Crippen LogP contribution in [0.3, 0.4) is 0 Å². The lowest BCUT2D eigenvalue weighted by molar-refractivity contribution is 0.400. The Morgan fingerprint density at radius 1 is 1.05 bits per heavy atom. The second-order valence-corrected chi connectivity index (χ2v) is 10.0. The molecule has 0 saturated heterocycles. The Morgan fingerprint density at radius 2 is 1.86 bits per heavy atom. The lowest BCUT2D eigenvalue weighted by atomic mass is 10.1. The monoisotopic (exact) mass is 540 g/mol. The van der Waals surface area contributed by atoms with Gasteiger partial charge in [-0.1, -0.05) is 11.6 Å². The molecule has 0 fully saturated rings. The van der Waals surface area contributed by atoms with Gasteiger partial charge in [-0.05, 0) is 49.4 Å². The lowest BCUT2D eigenvalue weighted by Gasteiger charge is -2.14. The lowest BCUT2D eigenvalue weighted by Crippen LogP contribution is -2.21. The van der Waals surface area contributed by atoms with E-state index in [1.54, 1.807) is 30.6 Å². The van der Waals surface area contributed by atoms with Crippen molar-refractivity contribution in [3.05, 3.63) is 94.1 Å². The van der Waals surface area contributed by atoms with Gasteiger partial charge < -0.3 is 4.74 Å². The van der Waals surface area contributed by atoms with Crippen molar-refractivity contribution in [2.75, 3.05) is 11.8 Å². The molecule has 37 heavy (non-hydrogen) atoms. The number of hydrogen-bond acceptors (Lipinski definition) is 7. The van der Waals surface area contributed by atoms with E-state index in [4.69, 9.17) is 16.3 Å². The molecule has 5 aromatic rings. The number of hydrogen-bond donors (Lipinski definition) is 1. The summed E-state index contributed by atoms with van der Waals surface area (Å²) in [5.74, 6) is -0.668. The number of nitrogens with zero attached hydrogens (tertiary/aromatic N) is 5. The van der Waals surface area contributed by atoms with Gasteiger partial charge in [-0.15, -0.1) is 0 Å². The SMILES string of the molecule is COc1ncc(-c2ccc3ncc(-n4ccc(C)n4)c(=O)n3c2)cc1NS(=O)(=O)c1ccc(F)cc1Cl. The molecule has 4 aromatic heterocycles. The van der Waals surface area contributed by atoms with Crippen LogP contribution in [0.4, 0.5) is 10.1 Å². The maximum Gasteiger partial charge on any atom is 0.283 e. The van der Waals surface area contributed by atoms with Gasteiger partial charge in [0.15, 0.2) is 0 Å². The van der Waals surface area contributed by atoms with Gasteiger partial charge in [-0.25, -0.2) is 27.5 Å². The highest BCUT2D eigenvalue weighted by Crippen LogP contribution is 2.31. The third-order valence-electron chi connectivity index (χ3n) is 5.46. The minimum absolute atomic E-state index is 0.00141. The number of halogens is 2. The number of nitrogens with one attached hydrogen (secondary N) is 1. The van der Waals surface area contributed by atoms with Crippen molar-refractivity contribution < 1.29 is 17.5 Å². The maximum absolute atomic E-state index is 13.4. The van der Waals surface area contributed by atoms with E-state index in [0.29, 0.717) is 16.8 Å². The first kappa shape index (κ1) is 24.4. The molecule has 0 unspecified atom stereocenters. The number of aryl methyl sites for hydroxylation is 1. The fraction of sp³-hybridized carbons (Fsp3) is 0.0833. The van der Waals surface area contributed by atoms with Gasteiger partial charge in [0.05, 0.1) is 24.0 Å². The molecule has 0 amide bonds. The van der Waals surface area contributed by atoms with Gasteiger partial charge in [0.25, 0.3) is 15.6 Å². The number of benzene rings is 1. The molecule has 13 heteroatoms. The largest absolute Gasteiger partial charge is 0.480 e. The van der Waals surface area contributed by atoms with Crippen LogP contribution in [0.2, 0.25) is 5.02 Å². The molecule has 1 N–H and O–H groups in total. The Hall–Kier alpha value is -4.29. The molecule has 0 atom stereocenters. The molecule has 0 aliphatic rings. The number of rotatable bonds is 6. The van der Waals surface area contributed by atoms with Crippen LogP contribution in [-0.4, -0.2) is 39.7 Å². The number of ether oxygens (including phenoxy) is 1. The zero-order valence-corrected chi connectivity index (χ0v) is 21.0. The first-order chi connectivity index (χ1) is 17.7. The summed E-state index contributed by atoms with van der Waals surface area (Å²) in [5, 5.41) is 4.00. The van der Waals surface area contributed by atoms with E-state index >= 15 is 0 Å². The van der Waals surface area contributed by atoms with Crippen molar-refractivity contribution in [2.24, 2.45) is 0 Å². The zero-order chi connectivity index (χ0) is 26.3.